The summed E-state index contributed by atoms with van der Waals surface area (Å²) in [5.41, 5.74) is 1.83. The molecule has 4 N–H and O–H groups in total. The average molecular weight is 690 g/mol. The van der Waals surface area contributed by atoms with E-state index >= 15 is 4.39 Å². The standard InChI is InChI=1S/C32H28FN7O8S/c33-29-20-5-4-19(10-18(20)11-24(41)30(29)40-15-28(44)37-49(40)47)35-27(43)8-9-38-13-17(12-34-38)16-48-25-3-1-2-21-22(25)14-39(32(21)46)23-6-7-26(42)36-31(23)45/h1-5,10-13,23,41H,6-9,14-16H2,(H,35,43)(H,37,44)(H,36,42,45). The first kappa shape index (κ1) is 31.7. The van der Waals surface area contributed by atoms with E-state index in [4.69, 9.17) is 4.74 Å². The number of hydrogen-bond acceptors (Lipinski definition) is 9. The van der Waals surface area contributed by atoms with Gasteiger partial charge in [-0.1, -0.05) is 6.07 Å². The van der Waals surface area contributed by atoms with Gasteiger partial charge in [-0.3, -0.25) is 43.0 Å². The van der Waals surface area contributed by atoms with Crippen molar-refractivity contribution in [3.8, 4) is 11.5 Å². The first-order chi connectivity index (χ1) is 23.5. The predicted molar refractivity (Wildman–Crippen MR) is 171 cm³/mol. The molecule has 2 fully saturated rings. The Hall–Kier alpha value is -5.84. The Bertz CT molecular complexity index is 2100. The van der Waals surface area contributed by atoms with Crippen molar-refractivity contribution >= 4 is 62.9 Å². The highest BCUT2D eigenvalue weighted by Crippen LogP contribution is 2.38. The van der Waals surface area contributed by atoms with Gasteiger partial charge in [-0.2, -0.15) is 5.10 Å². The minimum absolute atomic E-state index is 0.0604. The molecule has 4 heterocycles. The number of aryl methyl sites for hydroxylation is 1. The summed E-state index contributed by atoms with van der Waals surface area (Å²) in [7, 11) is 0. The number of nitrogens with one attached hydrogen (secondary N) is 3. The second kappa shape index (κ2) is 12.6. The van der Waals surface area contributed by atoms with Gasteiger partial charge in [-0.25, -0.2) is 8.60 Å². The Balaban J connectivity index is 0.943. The molecule has 252 valence electrons. The number of halogens is 1. The number of carbonyl (C=O) groups is 5. The molecule has 0 spiro atoms. The number of phenols is 1. The number of anilines is 2. The zero-order valence-electron chi connectivity index (χ0n) is 25.6. The van der Waals surface area contributed by atoms with Gasteiger partial charge >= 0.3 is 0 Å². The molecule has 0 aliphatic carbocycles. The zero-order valence-corrected chi connectivity index (χ0v) is 26.4. The van der Waals surface area contributed by atoms with Crippen molar-refractivity contribution in [2.45, 2.75) is 45.0 Å². The van der Waals surface area contributed by atoms with Gasteiger partial charge in [0.15, 0.2) is 5.82 Å². The lowest BCUT2D eigenvalue weighted by molar-refractivity contribution is -0.137. The minimum Gasteiger partial charge on any atom is -0.506 e. The molecule has 0 saturated carbocycles. The molecule has 3 aliphatic heterocycles. The van der Waals surface area contributed by atoms with Crippen LogP contribution in [-0.2, 0) is 50.0 Å². The number of nitrogens with zero attached hydrogens (tertiary/aromatic N) is 4. The highest BCUT2D eigenvalue weighted by atomic mass is 32.2. The number of rotatable bonds is 9. The summed E-state index contributed by atoms with van der Waals surface area (Å²) in [6, 6.07) is 10.1. The van der Waals surface area contributed by atoms with Gasteiger partial charge in [0.1, 0.15) is 36.4 Å². The number of amides is 5. The van der Waals surface area contributed by atoms with Gasteiger partial charge in [0, 0.05) is 53.3 Å². The van der Waals surface area contributed by atoms with Crippen LogP contribution in [0, 0.1) is 5.82 Å². The van der Waals surface area contributed by atoms with Crippen LogP contribution in [0.3, 0.4) is 0 Å². The number of piperidine rings is 1. The van der Waals surface area contributed by atoms with E-state index in [1.165, 1.54) is 29.2 Å². The van der Waals surface area contributed by atoms with E-state index < -0.39 is 40.6 Å². The second-order valence-corrected chi connectivity index (χ2v) is 12.8. The van der Waals surface area contributed by atoms with E-state index in [2.05, 4.69) is 20.5 Å². The van der Waals surface area contributed by atoms with Crippen molar-refractivity contribution in [1.82, 2.24) is 24.7 Å². The summed E-state index contributed by atoms with van der Waals surface area (Å²) in [6.45, 7) is 0.192. The van der Waals surface area contributed by atoms with Crippen molar-refractivity contribution in [2.24, 2.45) is 0 Å². The molecule has 0 bridgehead atoms. The van der Waals surface area contributed by atoms with Gasteiger partial charge < -0.3 is 20.1 Å². The largest absolute Gasteiger partial charge is 0.506 e. The van der Waals surface area contributed by atoms with E-state index in [0.29, 0.717) is 22.6 Å². The van der Waals surface area contributed by atoms with Crippen LogP contribution in [0.15, 0.2) is 54.9 Å². The number of hydrogen-bond donors (Lipinski definition) is 4. The van der Waals surface area contributed by atoms with Gasteiger partial charge in [-0.05, 0) is 48.2 Å². The maximum atomic E-state index is 15.3. The fraction of sp³-hybridized carbons (Fsp3) is 0.250. The normalized spacial score (nSPS) is 18.9. The summed E-state index contributed by atoms with van der Waals surface area (Å²) in [6.07, 6.45) is 3.82. The van der Waals surface area contributed by atoms with Gasteiger partial charge in [0.25, 0.3) is 11.8 Å². The molecule has 2 saturated heterocycles. The van der Waals surface area contributed by atoms with E-state index in [9.17, 15) is 33.3 Å². The molecule has 7 rings (SSSR count). The summed E-state index contributed by atoms with van der Waals surface area (Å²) in [4.78, 5) is 62.8. The maximum absolute atomic E-state index is 15.3. The lowest BCUT2D eigenvalue weighted by Gasteiger charge is -2.29. The summed E-state index contributed by atoms with van der Waals surface area (Å²) >= 11 is -2.02. The van der Waals surface area contributed by atoms with Crippen LogP contribution < -0.4 is 24.4 Å². The average Bonchev–Trinajstić information content (AvgIpc) is 3.75. The van der Waals surface area contributed by atoms with Crippen LogP contribution in [0.1, 0.15) is 40.7 Å². The first-order valence-corrected chi connectivity index (χ1v) is 16.3. The molecule has 4 aromatic rings. The number of aromatic nitrogens is 2. The van der Waals surface area contributed by atoms with Crippen LogP contribution in [-0.4, -0.2) is 66.1 Å². The third-order valence-corrected chi connectivity index (χ3v) is 9.55. The third-order valence-electron chi connectivity index (χ3n) is 8.44. The molecule has 0 radical (unpaired) electrons. The van der Waals surface area contributed by atoms with Crippen molar-refractivity contribution in [3.63, 3.8) is 0 Å². The third kappa shape index (κ3) is 6.15. The number of carbonyl (C=O) groups excluding carboxylic acids is 5. The molecular formula is C32H28FN7O8S. The molecule has 2 unspecified atom stereocenters. The number of aromatic hydroxyl groups is 1. The molecular weight excluding hydrogens is 661 g/mol. The van der Waals surface area contributed by atoms with Crippen molar-refractivity contribution in [2.75, 3.05) is 16.2 Å². The van der Waals surface area contributed by atoms with Gasteiger partial charge in [0.05, 0.1) is 12.7 Å². The van der Waals surface area contributed by atoms with E-state index in [-0.39, 0.29) is 79.7 Å². The van der Waals surface area contributed by atoms with Crippen LogP contribution >= 0.6 is 0 Å². The van der Waals surface area contributed by atoms with Crippen molar-refractivity contribution in [3.05, 3.63) is 77.4 Å². The Morgan fingerprint density at radius 1 is 1.12 bits per heavy atom. The Morgan fingerprint density at radius 2 is 1.96 bits per heavy atom. The molecule has 15 nitrogen and oxygen atoms in total. The number of imide groups is 1. The highest BCUT2D eigenvalue weighted by molar-refractivity contribution is 7.85. The van der Waals surface area contributed by atoms with Crippen LogP contribution in [0.25, 0.3) is 10.8 Å². The zero-order chi connectivity index (χ0) is 34.4. The topological polar surface area (TPSA) is 192 Å². The van der Waals surface area contributed by atoms with Gasteiger partial charge in [0.2, 0.25) is 28.9 Å². The predicted octanol–water partition coefficient (Wildman–Crippen LogP) is 1.76. The van der Waals surface area contributed by atoms with E-state index in [1.54, 1.807) is 35.3 Å². The SMILES string of the molecule is O=C1CCC(N2Cc3c(OCc4cnn(CCC(=O)Nc5ccc6c(F)c(N7CC(=O)NS7=O)c(O)cc6c5)c4)cccc3C2=O)C(=O)N1. The molecule has 5 amide bonds. The fourth-order valence-corrected chi connectivity index (χ4v) is 7.03. The van der Waals surface area contributed by atoms with E-state index in [0.717, 1.165) is 9.87 Å². The first-order valence-electron chi connectivity index (χ1n) is 15.2. The number of phenolic OH excluding ortho intramolecular Hbond substituents is 1. The quantitative estimate of drug-likeness (QED) is 0.190. The molecule has 3 aliphatic rings. The second-order valence-electron chi connectivity index (χ2n) is 11.7. The van der Waals surface area contributed by atoms with Crippen LogP contribution in [0.4, 0.5) is 15.8 Å². The lowest BCUT2D eigenvalue weighted by Crippen LogP contribution is -2.52. The monoisotopic (exact) mass is 689 g/mol. The Kier molecular flexibility index (Phi) is 8.19. The molecule has 1 aromatic heterocycles. The van der Waals surface area contributed by atoms with E-state index in [1.807, 2.05) is 0 Å². The Morgan fingerprint density at radius 3 is 2.73 bits per heavy atom. The number of ether oxygens (including phenoxy) is 1. The van der Waals surface area contributed by atoms with Crippen LogP contribution in [0.2, 0.25) is 0 Å². The number of benzene rings is 3. The molecule has 17 heteroatoms. The molecule has 3 aromatic carbocycles. The highest BCUT2D eigenvalue weighted by Gasteiger charge is 2.40. The summed E-state index contributed by atoms with van der Waals surface area (Å²) in [5.74, 6) is -2.90. The van der Waals surface area contributed by atoms with Crippen molar-refractivity contribution < 1.29 is 42.4 Å². The fourth-order valence-electron chi connectivity index (χ4n) is 6.08. The van der Waals surface area contributed by atoms with Crippen LogP contribution in [0.5, 0.6) is 11.5 Å². The minimum atomic E-state index is -2.02. The van der Waals surface area contributed by atoms with Gasteiger partial charge in [-0.15, -0.1) is 0 Å². The summed E-state index contributed by atoms with van der Waals surface area (Å²) < 4.78 is 38.1. The van der Waals surface area contributed by atoms with Crippen molar-refractivity contribution in [1.29, 1.82) is 0 Å². The molecule has 49 heavy (non-hydrogen) atoms. The maximum Gasteiger partial charge on any atom is 0.255 e. The smallest absolute Gasteiger partial charge is 0.255 e. The Labute approximate surface area is 279 Å². The summed E-state index contributed by atoms with van der Waals surface area (Å²) in [5, 5.41) is 20.2. The lowest BCUT2D eigenvalue weighted by atomic mass is 10.0. The molecule has 2 atom stereocenters. The number of fused-ring (bicyclic) bond motifs is 2.